The molecule has 0 saturated heterocycles. The number of aromatic nitrogens is 4. The summed E-state index contributed by atoms with van der Waals surface area (Å²) in [4.78, 5) is 19.9. The first kappa shape index (κ1) is 11.3. The number of hydrogen-bond donors (Lipinski definition) is 2. The highest BCUT2D eigenvalue weighted by molar-refractivity contribution is 5.94. The third kappa shape index (κ3) is 2.66. The fourth-order valence-electron chi connectivity index (χ4n) is 1.45. The zero-order chi connectivity index (χ0) is 12.3. The highest BCUT2D eigenvalue weighted by atomic mass is 16.1. The lowest BCUT2D eigenvalue weighted by Crippen LogP contribution is -2.27. The van der Waals surface area contributed by atoms with Crippen LogP contribution in [0.15, 0.2) is 24.8 Å². The number of aryl methyl sites for hydroxylation is 1. The first-order valence-electron chi connectivity index (χ1n) is 5.24. The van der Waals surface area contributed by atoms with Crippen LogP contribution in [0.1, 0.15) is 34.7 Å². The Balaban J connectivity index is 2.07. The van der Waals surface area contributed by atoms with Crippen LogP contribution in [-0.4, -0.2) is 26.1 Å². The Morgan fingerprint density at radius 2 is 2.29 bits per heavy atom. The van der Waals surface area contributed by atoms with Crippen molar-refractivity contribution in [3.05, 3.63) is 41.7 Å². The molecule has 0 radical (unpaired) electrons. The number of H-pyrrole nitrogens is 1. The summed E-state index contributed by atoms with van der Waals surface area (Å²) < 4.78 is 0. The smallest absolute Gasteiger partial charge is 0.253 e. The average molecular weight is 231 g/mol. The second-order valence-corrected chi connectivity index (χ2v) is 3.82. The molecule has 0 bridgehead atoms. The van der Waals surface area contributed by atoms with E-state index in [1.54, 1.807) is 12.3 Å². The van der Waals surface area contributed by atoms with Gasteiger partial charge in [0.05, 0.1) is 11.6 Å². The third-order valence-electron chi connectivity index (χ3n) is 2.33. The SMILES string of the molecule is Cc1cncc(C(=O)NC(C)c2ncn[nH]2)c1. The lowest BCUT2D eigenvalue weighted by atomic mass is 10.2. The number of carbonyl (C=O) groups is 1. The molecular weight excluding hydrogens is 218 g/mol. The Bertz CT molecular complexity index is 508. The molecule has 2 heterocycles. The van der Waals surface area contributed by atoms with E-state index in [0.29, 0.717) is 11.4 Å². The van der Waals surface area contributed by atoms with Crippen molar-refractivity contribution >= 4 is 5.91 Å². The molecule has 2 aromatic rings. The minimum Gasteiger partial charge on any atom is -0.342 e. The topological polar surface area (TPSA) is 83.6 Å². The Kier molecular flexibility index (Phi) is 3.13. The van der Waals surface area contributed by atoms with Gasteiger partial charge in [0, 0.05) is 12.4 Å². The maximum absolute atomic E-state index is 11.9. The predicted molar refractivity (Wildman–Crippen MR) is 61.2 cm³/mol. The summed E-state index contributed by atoms with van der Waals surface area (Å²) in [5.41, 5.74) is 1.49. The minimum atomic E-state index is -0.217. The number of hydrogen-bond acceptors (Lipinski definition) is 4. The summed E-state index contributed by atoms with van der Waals surface area (Å²) in [6.07, 6.45) is 4.65. The maximum Gasteiger partial charge on any atom is 0.253 e. The highest BCUT2D eigenvalue weighted by Gasteiger charge is 2.13. The highest BCUT2D eigenvalue weighted by Crippen LogP contribution is 2.07. The zero-order valence-electron chi connectivity index (χ0n) is 9.64. The second kappa shape index (κ2) is 4.73. The van der Waals surface area contributed by atoms with Gasteiger partial charge in [-0.05, 0) is 25.5 Å². The molecule has 6 heteroatoms. The first-order chi connectivity index (χ1) is 8.16. The van der Waals surface area contributed by atoms with E-state index in [9.17, 15) is 4.79 Å². The van der Waals surface area contributed by atoms with Crippen LogP contribution in [0.5, 0.6) is 0 Å². The molecule has 6 nitrogen and oxygen atoms in total. The molecule has 0 saturated carbocycles. The van der Waals surface area contributed by atoms with E-state index < -0.39 is 0 Å². The maximum atomic E-state index is 11.9. The normalized spacial score (nSPS) is 12.1. The van der Waals surface area contributed by atoms with Crippen molar-refractivity contribution < 1.29 is 4.79 Å². The van der Waals surface area contributed by atoms with Gasteiger partial charge in [0.1, 0.15) is 12.2 Å². The van der Waals surface area contributed by atoms with Gasteiger partial charge in [0.25, 0.3) is 5.91 Å². The fraction of sp³-hybridized carbons (Fsp3) is 0.273. The van der Waals surface area contributed by atoms with E-state index in [1.807, 2.05) is 13.8 Å². The van der Waals surface area contributed by atoms with Crippen molar-refractivity contribution in [3.63, 3.8) is 0 Å². The van der Waals surface area contributed by atoms with Crippen LogP contribution < -0.4 is 5.32 Å². The summed E-state index contributed by atoms with van der Waals surface area (Å²) in [6, 6.07) is 1.57. The lowest BCUT2D eigenvalue weighted by Gasteiger charge is -2.10. The molecule has 0 spiro atoms. The zero-order valence-corrected chi connectivity index (χ0v) is 9.64. The molecule has 0 fully saturated rings. The summed E-state index contributed by atoms with van der Waals surface area (Å²) >= 11 is 0. The Morgan fingerprint density at radius 1 is 1.47 bits per heavy atom. The van der Waals surface area contributed by atoms with Gasteiger partial charge in [0.15, 0.2) is 0 Å². The van der Waals surface area contributed by atoms with Crippen LogP contribution in [0, 0.1) is 6.92 Å². The van der Waals surface area contributed by atoms with Crippen molar-refractivity contribution in [2.24, 2.45) is 0 Å². The summed E-state index contributed by atoms with van der Waals surface area (Å²) in [6.45, 7) is 3.73. The van der Waals surface area contributed by atoms with Crippen molar-refractivity contribution in [2.45, 2.75) is 19.9 Å². The molecule has 0 aliphatic rings. The monoisotopic (exact) mass is 231 g/mol. The van der Waals surface area contributed by atoms with Gasteiger partial charge in [-0.15, -0.1) is 0 Å². The van der Waals surface area contributed by atoms with Crippen LogP contribution in [0.25, 0.3) is 0 Å². The largest absolute Gasteiger partial charge is 0.342 e. The Morgan fingerprint density at radius 3 is 2.94 bits per heavy atom. The van der Waals surface area contributed by atoms with Crippen LogP contribution in [-0.2, 0) is 0 Å². The van der Waals surface area contributed by atoms with Crippen LogP contribution in [0.2, 0.25) is 0 Å². The molecule has 0 aromatic carbocycles. The number of nitrogens with zero attached hydrogens (tertiary/aromatic N) is 3. The number of carbonyl (C=O) groups excluding carboxylic acids is 1. The molecule has 88 valence electrons. The van der Waals surface area contributed by atoms with Gasteiger partial charge in [-0.1, -0.05) is 0 Å². The predicted octanol–water partition coefficient (Wildman–Crippen LogP) is 0.999. The third-order valence-corrected chi connectivity index (χ3v) is 2.33. The number of aromatic amines is 1. The first-order valence-corrected chi connectivity index (χ1v) is 5.24. The van der Waals surface area contributed by atoms with Crippen LogP contribution in [0.4, 0.5) is 0 Å². The Hall–Kier alpha value is -2.24. The van der Waals surface area contributed by atoms with E-state index in [-0.39, 0.29) is 11.9 Å². The van der Waals surface area contributed by atoms with E-state index in [0.717, 1.165) is 5.56 Å². The molecule has 17 heavy (non-hydrogen) atoms. The van der Waals surface area contributed by atoms with Crippen molar-refractivity contribution in [2.75, 3.05) is 0 Å². The summed E-state index contributed by atoms with van der Waals surface area (Å²) in [5, 5.41) is 9.26. The summed E-state index contributed by atoms with van der Waals surface area (Å²) in [5.74, 6) is 0.448. The quantitative estimate of drug-likeness (QED) is 0.825. The minimum absolute atomic E-state index is 0.176. The number of pyridine rings is 1. The van der Waals surface area contributed by atoms with Crippen LogP contribution >= 0.6 is 0 Å². The molecule has 0 aliphatic carbocycles. The molecule has 1 amide bonds. The Labute approximate surface area is 98.5 Å². The van der Waals surface area contributed by atoms with Gasteiger partial charge < -0.3 is 5.32 Å². The average Bonchev–Trinajstić information content (AvgIpc) is 2.82. The molecule has 1 unspecified atom stereocenters. The second-order valence-electron chi connectivity index (χ2n) is 3.82. The van der Waals surface area contributed by atoms with Gasteiger partial charge in [-0.3, -0.25) is 14.9 Å². The molecule has 2 aromatic heterocycles. The fourth-order valence-corrected chi connectivity index (χ4v) is 1.45. The van der Waals surface area contributed by atoms with E-state index >= 15 is 0 Å². The van der Waals surface area contributed by atoms with Gasteiger partial charge in [-0.25, -0.2) is 4.98 Å². The van der Waals surface area contributed by atoms with Crippen molar-refractivity contribution in [1.82, 2.24) is 25.5 Å². The summed E-state index contributed by atoms with van der Waals surface area (Å²) in [7, 11) is 0. The molecule has 2 rings (SSSR count). The lowest BCUT2D eigenvalue weighted by molar-refractivity contribution is 0.0938. The van der Waals surface area contributed by atoms with Gasteiger partial charge >= 0.3 is 0 Å². The molecule has 1 atom stereocenters. The van der Waals surface area contributed by atoms with Gasteiger partial charge in [-0.2, -0.15) is 5.10 Å². The van der Waals surface area contributed by atoms with E-state index in [2.05, 4.69) is 25.5 Å². The molecular formula is C11H13N5O. The number of amides is 1. The van der Waals surface area contributed by atoms with E-state index in [1.165, 1.54) is 12.5 Å². The molecule has 2 N–H and O–H groups in total. The number of rotatable bonds is 3. The number of nitrogens with one attached hydrogen (secondary N) is 2. The standard InChI is InChI=1S/C11H13N5O/c1-7-3-9(5-12-4-7)11(17)15-8(2)10-13-6-14-16-10/h3-6,8H,1-2H3,(H,15,17)(H,13,14,16). The van der Waals surface area contributed by atoms with Crippen LogP contribution in [0.3, 0.4) is 0 Å². The van der Waals surface area contributed by atoms with Gasteiger partial charge in [0.2, 0.25) is 0 Å². The van der Waals surface area contributed by atoms with E-state index in [4.69, 9.17) is 0 Å². The molecule has 0 aliphatic heterocycles. The van der Waals surface area contributed by atoms with Crippen molar-refractivity contribution in [1.29, 1.82) is 0 Å². The van der Waals surface area contributed by atoms with Crippen molar-refractivity contribution in [3.8, 4) is 0 Å².